The molecule has 0 bridgehead atoms. The van der Waals surface area contributed by atoms with Crippen molar-refractivity contribution in [2.75, 3.05) is 6.61 Å². The first-order valence-electron chi connectivity index (χ1n) is 7.13. The molecule has 0 heterocycles. The molecule has 2 rings (SSSR count). The summed E-state index contributed by atoms with van der Waals surface area (Å²) in [5.74, 6) is 0.113. The topological polar surface area (TPSA) is 58.6 Å². The number of hydrogen-bond acceptors (Lipinski definition) is 3. The summed E-state index contributed by atoms with van der Waals surface area (Å²) in [6, 6.07) is 7.07. The highest BCUT2D eigenvalue weighted by molar-refractivity contribution is 5.79. The van der Waals surface area contributed by atoms with E-state index in [0.717, 1.165) is 6.42 Å². The van der Waals surface area contributed by atoms with Crippen LogP contribution in [0.4, 0.5) is 0 Å². The van der Waals surface area contributed by atoms with Crippen molar-refractivity contribution in [3.05, 3.63) is 29.8 Å². The third-order valence-corrected chi connectivity index (χ3v) is 4.22. The number of hydrogen-bond donors (Lipinski definition) is 2. The number of phenolic OH excluding ortho intramolecular Hbond substituents is 1. The lowest BCUT2D eigenvalue weighted by molar-refractivity contribution is -0.136. The van der Waals surface area contributed by atoms with Gasteiger partial charge >= 0.3 is 0 Å². The molecule has 1 aliphatic rings. The second kappa shape index (κ2) is 5.83. The lowest BCUT2D eigenvalue weighted by atomic mass is 9.64. The van der Waals surface area contributed by atoms with Crippen LogP contribution in [0.3, 0.4) is 0 Å². The maximum atomic E-state index is 12.1. The van der Waals surface area contributed by atoms with E-state index >= 15 is 0 Å². The van der Waals surface area contributed by atoms with Crippen molar-refractivity contribution < 1.29 is 14.6 Å². The monoisotopic (exact) mass is 277 g/mol. The van der Waals surface area contributed by atoms with Crippen LogP contribution in [0.2, 0.25) is 0 Å². The molecular weight excluding hydrogens is 254 g/mol. The molecule has 1 fully saturated rings. The summed E-state index contributed by atoms with van der Waals surface area (Å²) in [6.45, 7) is 6.91. The molecule has 4 heteroatoms. The molecule has 1 saturated carbocycles. The molecule has 2 atom stereocenters. The molecule has 1 aromatic rings. The lowest BCUT2D eigenvalue weighted by Gasteiger charge is -2.51. The Morgan fingerprint density at radius 1 is 1.45 bits per heavy atom. The second-order valence-corrected chi connectivity index (χ2v) is 5.93. The molecule has 110 valence electrons. The average Bonchev–Trinajstić information content (AvgIpc) is 2.40. The first-order chi connectivity index (χ1) is 9.45. The summed E-state index contributed by atoms with van der Waals surface area (Å²) in [7, 11) is 0. The largest absolute Gasteiger partial charge is 0.508 e. The van der Waals surface area contributed by atoms with Gasteiger partial charge in [-0.25, -0.2) is 0 Å². The van der Waals surface area contributed by atoms with E-state index in [1.54, 1.807) is 18.2 Å². The molecular formula is C16H23NO3. The third kappa shape index (κ3) is 2.96. The van der Waals surface area contributed by atoms with Crippen LogP contribution < -0.4 is 5.32 Å². The number of phenols is 1. The van der Waals surface area contributed by atoms with Crippen molar-refractivity contribution in [3.8, 4) is 5.75 Å². The Hall–Kier alpha value is -1.55. The molecule has 1 aliphatic carbocycles. The summed E-state index contributed by atoms with van der Waals surface area (Å²) in [5.41, 5.74) is 0.619. The van der Waals surface area contributed by atoms with Gasteiger partial charge < -0.3 is 15.2 Å². The molecule has 0 aromatic heterocycles. The Bertz CT molecular complexity index is 484. The summed E-state index contributed by atoms with van der Waals surface area (Å²) >= 11 is 0. The molecule has 1 aromatic carbocycles. The molecule has 0 saturated heterocycles. The fraction of sp³-hybridized carbons (Fsp3) is 0.562. The van der Waals surface area contributed by atoms with Crippen LogP contribution in [0, 0.1) is 5.41 Å². The van der Waals surface area contributed by atoms with Crippen molar-refractivity contribution in [1.82, 2.24) is 5.32 Å². The van der Waals surface area contributed by atoms with Crippen molar-refractivity contribution in [2.24, 2.45) is 5.41 Å². The van der Waals surface area contributed by atoms with Crippen LogP contribution in [-0.4, -0.2) is 29.8 Å². The van der Waals surface area contributed by atoms with Gasteiger partial charge in [-0.15, -0.1) is 0 Å². The number of ether oxygens (including phenoxy) is 1. The Morgan fingerprint density at radius 3 is 2.75 bits per heavy atom. The fourth-order valence-electron chi connectivity index (χ4n) is 2.69. The smallest absolute Gasteiger partial charge is 0.224 e. The van der Waals surface area contributed by atoms with E-state index in [1.807, 2.05) is 13.0 Å². The van der Waals surface area contributed by atoms with Gasteiger partial charge in [0.1, 0.15) is 5.75 Å². The molecule has 0 radical (unpaired) electrons. The molecule has 4 nitrogen and oxygen atoms in total. The number of aromatic hydroxyl groups is 1. The standard InChI is InChI=1S/C16H23NO3/c1-4-20-14-10-13(16(14,2)3)17-15(19)9-11-7-5-6-8-12(11)18/h5-8,13-14,18H,4,9-10H2,1-3H3,(H,17,19)/t13-,14+/m0/s1. The van der Waals surface area contributed by atoms with Crippen LogP contribution in [0.15, 0.2) is 24.3 Å². The lowest BCUT2D eigenvalue weighted by Crippen LogP contribution is -2.62. The zero-order chi connectivity index (χ0) is 14.8. The summed E-state index contributed by atoms with van der Waals surface area (Å²) in [5, 5.41) is 12.7. The molecule has 1 amide bonds. The van der Waals surface area contributed by atoms with Gasteiger partial charge in [0.25, 0.3) is 0 Å². The first kappa shape index (κ1) is 14.9. The van der Waals surface area contributed by atoms with Crippen LogP contribution in [-0.2, 0) is 16.0 Å². The molecule has 0 spiro atoms. The SMILES string of the molecule is CCO[C@@H]1C[C@H](NC(=O)Cc2ccccc2O)C1(C)C. The van der Waals surface area contributed by atoms with Crippen molar-refractivity contribution in [1.29, 1.82) is 0 Å². The van der Waals surface area contributed by atoms with E-state index in [9.17, 15) is 9.90 Å². The van der Waals surface area contributed by atoms with E-state index < -0.39 is 0 Å². The predicted octanol–water partition coefficient (Wildman–Crippen LogP) is 2.25. The van der Waals surface area contributed by atoms with E-state index in [0.29, 0.717) is 12.2 Å². The Kier molecular flexibility index (Phi) is 4.33. The first-order valence-corrected chi connectivity index (χ1v) is 7.13. The summed E-state index contributed by atoms with van der Waals surface area (Å²) in [6.07, 6.45) is 1.27. The zero-order valence-electron chi connectivity index (χ0n) is 12.3. The minimum absolute atomic E-state index is 0.0373. The predicted molar refractivity (Wildman–Crippen MR) is 77.6 cm³/mol. The number of nitrogens with one attached hydrogen (secondary N) is 1. The van der Waals surface area contributed by atoms with Gasteiger partial charge in [-0.2, -0.15) is 0 Å². The van der Waals surface area contributed by atoms with Crippen molar-refractivity contribution >= 4 is 5.91 Å². The van der Waals surface area contributed by atoms with E-state index in [1.165, 1.54) is 0 Å². The van der Waals surface area contributed by atoms with Gasteiger partial charge in [-0.3, -0.25) is 4.79 Å². The average molecular weight is 277 g/mol. The van der Waals surface area contributed by atoms with Crippen LogP contribution >= 0.6 is 0 Å². The molecule has 20 heavy (non-hydrogen) atoms. The maximum Gasteiger partial charge on any atom is 0.224 e. The van der Waals surface area contributed by atoms with Crippen LogP contribution in [0.5, 0.6) is 5.75 Å². The number of carbonyl (C=O) groups excluding carboxylic acids is 1. The van der Waals surface area contributed by atoms with Crippen LogP contribution in [0.25, 0.3) is 0 Å². The summed E-state index contributed by atoms with van der Waals surface area (Å²) < 4.78 is 5.65. The minimum Gasteiger partial charge on any atom is -0.508 e. The Labute approximate surface area is 120 Å². The van der Waals surface area contributed by atoms with Gasteiger partial charge in [0.05, 0.1) is 12.5 Å². The molecule has 0 aliphatic heterocycles. The van der Waals surface area contributed by atoms with E-state index in [4.69, 9.17) is 4.74 Å². The summed E-state index contributed by atoms with van der Waals surface area (Å²) in [4.78, 5) is 12.1. The van der Waals surface area contributed by atoms with Gasteiger partial charge in [-0.05, 0) is 19.4 Å². The number of carbonyl (C=O) groups is 1. The third-order valence-electron chi connectivity index (χ3n) is 4.22. The van der Waals surface area contributed by atoms with Gasteiger partial charge in [0, 0.05) is 23.6 Å². The fourth-order valence-corrected chi connectivity index (χ4v) is 2.69. The van der Waals surface area contributed by atoms with Crippen molar-refractivity contribution in [2.45, 2.75) is 45.8 Å². The maximum absolute atomic E-state index is 12.1. The molecule has 0 unspecified atom stereocenters. The van der Waals surface area contributed by atoms with Crippen LogP contribution in [0.1, 0.15) is 32.8 Å². The molecule has 2 N–H and O–H groups in total. The second-order valence-electron chi connectivity index (χ2n) is 5.93. The van der Waals surface area contributed by atoms with Crippen molar-refractivity contribution in [3.63, 3.8) is 0 Å². The highest BCUT2D eigenvalue weighted by atomic mass is 16.5. The minimum atomic E-state index is -0.0560. The van der Waals surface area contributed by atoms with E-state index in [2.05, 4.69) is 19.2 Å². The quantitative estimate of drug-likeness (QED) is 0.868. The zero-order valence-corrected chi connectivity index (χ0v) is 12.3. The Balaban J connectivity index is 1.89. The highest BCUT2D eigenvalue weighted by Crippen LogP contribution is 2.42. The van der Waals surface area contributed by atoms with Gasteiger partial charge in [0.2, 0.25) is 5.91 Å². The Morgan fingerprint density at radius 2 is 2.15 bits per heavy atom. The van der Waals surface area contributed by atoms with Gasteiger partial charge in [0.15, 0.2) is 0 Å². The highest BCUT2D eigenvalue weighted by Gasteiger charge is 2.49. The van der Waals surface area contributed by atoms with Gasteiger partial charge in [-0.1, -0.05) is 32.0 Å². The number of amides is 1. The number of rotatable bonds is 5. The number of para-hydroxylation sites is 1. The number of benzene rings is 1. The normalized spacial score (nSPS) is 23.9. The van der Waals surface area contributed by atoms with E-state index in [-0.39, 0.29) is 35.6 Å².